The zero-order chi connectivity index (χ0) is 21.8. The van der Waals surface area contributed by atoms with Gasteiger partial charge in [-0.1, -0.05) is 11.6 Å². The maximum Gasteiger partial charge on any atom is 0.420 e. The predicted molar refractivity (Wildman–Crippen MR) is 112 cm³/mol. The Hall–Kier alpha value is -2.69. The minimum Gasteiger partial charge on any atom is -0.347 e. The number of hydrogen-bond donors (Lipinski definition) is 3. The maximum atomic E-state index is 13.6. The van der Waals surface area contributed by atoms with E-state index in [0.717, 1.165) is 41.6 Å². The zero-order valence-electron chi connectivity index (χ0n) is 15.9. The summed E-state index contributed by atoms with van der Waals surface area (Å²) in [5, 5.41) is 9.30. The summed E-state index contributed by atoms with van der Waals surface area (Å²) in [6.45, 7) is 1.86. The third kappa shape index (κ3) is 3.75. The van der Waals surface area contributed by atoms with Crippen molar-refractivity contribution in [1.29, 1.82) is 0 Å². The molecular weight excluding hydrogens is 451 g/mol. The van der Waals surface area contributed by atoms with Crippen molar-refractivity contribution in [2.24, 2.45) is 0 Å². The number of benzene rings is 1. The van der Waals surface area contributed by atoms with Crippen LogP contribution in [0.1, 0.15) is 31.9 Å². The lowest BCUT2D eigenvalue weighted by Crippen LogP contribution is -2.23. The van der Waals surface area contributed by atoms with Crippen LogP contribution in [0.15, 0.2) is 24.4 Å². The van der Waals surface area contributed by atoms with Gasteiger partial charge in [-0.25, -0.2) is 9.97 Å². The number of nitrogens with zero attached hydrogens (tertiary/aromatic N) is 2. The van der Waals surface area contributed by atoms with E-state index in [4.69, 9.17) is 11.6 Å². The summed E-state index contributed by atoms with van der Waals surface area (Å²) in [4.78, 5) is 20.8. The topological polar surface area (TPSA) is 78.9 Å². The van der Waals surface area contributed by atoms with Crippen molar-refractivity contribution in [1.82, 2.24) is 20.6 Å². The van der Waals surface area contributed by atoms with Crippen LogP contribution in [0.4, 0.5) is 24.8 Å². The largest absolute Gasteiger partial charge is 0.420 e. The summed E-state index contributed by atoms with van der Waals surface area (Å²) in [5.41, 5.74) is 1.88. The molecule has 11 heteroatoms. The van der Waals surface area contributed by atoms with E-state index in [1.54, 1.807) is 0 Å². The molecule has 1 aromatic carbocycles. The van der Waals surface area contributed by atoms with Crippen LogP contribution in [0.25, 0.3) is 10.6 Å². The Morgan fingerprint density at radius 3 is 2.77 bits per heavy atom. The molecule has 160 valence electrons. The fraction of sp³-hybridized carbons (Fsp3) is 0.250. The molecule has 0 saturated heterocycles. The number of amides is 1. The number of carbonyl (C=O) groups excluding carboxylic acids is 1. The first kappa shape index (κ1) is 20.2. The first-order valence-electron chi connectivity index (χ1n) is 9.44. The molecule has 0 unspecified atom stereocenters. The van der Waals surface area contributed by atoms with E-state index < -0.39 is 11.7 Å². The van der Waals surface area contributed by atoms with Crippen LogP contribution < -0.4 is 16.0 Å². The zero-order valence-corrected chi connectivity index (χ0v) is 17.4. The van der Waals surface area contributed by atoms with Crippen molar-refractivity contribution in [3.05, 3.63) is 56.5 Å². The lowest BCUT2D eigenvalue weighted by molar-refractivity contribution is -0.137. The average molecular weight is 466 g/mol. The van der Waals surface area contributed by atoms with Gasteiger partial charge in [-0.05, 0) is 42.3 Å². The fourth-order valence-corrected chi connectivity index (χ4v) is 5.01. The molecule has 3 N–H and O–H groups in total. The van der Waals surface area contributed by atoms with Gasteiger partial charge in [-0.15, -0.1) is 11.3 Å². The summed E-state index contributed by atoms with van der Waals surface area (Å²) in [7, 11) is 0. The van der Waals surface area contributed by atoms with Crippen molar-refractivity contribution in [3.8, 4) is 10.6 Å². The van der Waals surface area contributed by atoms with Gasteiger partial charge in [0, 0.05) is 17.6 Å². The van der Waals surface area contributed by atoms with Crippen LogP contribution >= 0.6 is 22.9 Å². The van der Waals surface area contributed by atoms with Gasteiger partial charge in [0.1, 0.15) is 5.56 Å². The van der Waals surface area contributed by atoms with Gasteiger partial charge in [0.25, 0.3) is 5.91 Å². The number of carbonyl (C=O) groups is 1. The SMILES string of the molecule is O=C1NCc2sc(-c3nc(Nc4cc5c(cc4Cl)CNCC5)ncc3C(F)(F)F)cc21. The molecule has 5 rings (SSSR count). The average Bonchev–Trinajstić information content (AvgIpc) is 3.30. The number of fused-ring (bicyclic) bond motifs is 2. The molecule has 2 aliphatic heterocycles. The van der Waals surface area contributed by atoms with E-state index >= 15 is 0 Å². The van der Waals surface area contributed by atoms with Gasteiger partial charge in [-0.3, -0.25) is 4.79 Å². The van der Waals surface area contributed by atoms with Crippen LogP contribution in [-0.4, -0.2) is 22.4 Å². The fourth-order valence-electron chi connectivity index (χ4n) is 3.68. The number of nitrogens with one attached hydrogen (secondary N) is 3. The van der Waals surface area contributed by atoms with E-state index in [2.05, 4.69) is 25.9 Å². The van der Waals surface area contributed by atoms with Crippen LogP contribution in [0.3, 0.4) is 0 Å². The summed E-state index contributed by atoms with van der Waals surface area (Å²) in [5.74, 6) is -0.300. The first-order chi connectivity index (χ1) is 14.8. The quantitative estimate of drug-likeness (QED) is 0.530. The Morgan fingerprint density at radius 1 is 1.16 bits per heavy atom. The van der Waals surface area contributed by atoms with Gasteiger partial charge in [0.2, 0.25) is 5.95 Å². The van der Waals surface area contributed by atoms with Gasteiger partial charge < -0.3 is 16.0 Å². The molecule has 4 heterocycles. The lowest BCUT2D eigenvalue weighted by Gasteiger charge is -2.19. The van der Waals surface area contributed by atoms with Crippen molar-refractivity contribution in [2.75, 3.05) is 11.9 Å². The first-order valence-corrected chi connectivity index (χ1v) is 10.6. The number of alkyl halides is 3. The molecule has 31 heavy (non-hydrogen) atoms. The van der Waals surface area contributed by atoms with Crippen molar-refractivity contribution in [3.63, 3.8) is 0 Å². The van der Waals surface area contributed by atoms with Crippen LogP contribution in [0.5, 0.6) is 0 Å². The van der Waals surface area contributed by atoms with E-state index in [9.17, 15) is 18.0 Å². The van der Waals surface area contributed by atoms with E-state index in [1.165, 1.54) is 6.07 Å². The van der Waals surface area contributed by atoms with Crippen molar-refractivity contribution >= 4 is 40.5 Å². The highest BCUT2D eigenvalue weighted by Gasteiger charge is 2.37. The molecule has 0 spiro atoms. The second-order valence-corrected chi connectivity index (χ2v) is 8.78. The van der Waals surface area contributed by atoms with Crippen molar-refractivity contribution < 1.29 is 18.0 Å². The highest BCUT2D eigenvalue weighted by Crippen LogP contribution is 2.41. The standard InChI is InChI=1S/C20H15ClF3N5OS/c21-13-3-10-6-25-2-1-9(10)4-14(13)28-19-27-7-12(20(22,23)24)17(29-19)15-5-11-16(31-15)8-26-18(11)30/h3-5,7,25H,1-2,6,8H2,(H,26,30)(H,27,28,29). The number of aromatic nitrogens is 2. The van der Waals surface area contributed by atoms with E-state index in [0.29, 0.717) is 34.2 Å². The number of halogens is 4. The van der Waals surface area contributed by atoms with Gasteiger partial charge in [0.15, 0.2) is 0 Å². The highest BCUT2D eigenvalue weighted by atomic mass is 35.5. The molecule has 0 aliphatic carbocycles. The highest BCUT2D eigenvalue weighted by molar-refractivity contribution is 7.16. The lowest BCUT2D eigenvalue weighted by atomic mass is 10.0. The number of anilines is 2. The molecule has 2 aromatic heterocycles. The van der Waals surface area contributed by atoms with Gasteiger partial charge in [-0.2, -0.15) is 13.2 Å². The maximum absolute atomic E-state index is 13.6. The summed E-state index contributed by atoms with van der Waals surface area (Å²) in [6, 6.07) is 5.16. The second-order valence-electron chi connectivity index (χ2n) is 7.24. The smallest absolute Gasteiger partial charge is 0.347 e. The predicted octanol–water partition coefficient (Wildman–Crippen LogP) is 4.51. The Kier molecular flexibility index (Phi) is 4.87. The van der Waals surface area contributed by atoms with E-state index in [-0.39, 0.29) is 22.4 Å². The molecule has 6 nitrogen and oxygen atoms in total. The molecule has 0 atom stereocenters. The molecule has 3 aromatic rings. The minimum atomic E-state index is -4.64. The summed E-state index contributed by atoms with van der Waals surface area (Å²) < 4.78 is 40.9. The van der Waals surface area contributed by atoms with Gasteiger partial charge in [0.05, 0.1) is 33.4 Å². The Balaban J connectivity index is 1.55. The van der Waals surface area contributed by atoms with Gasteiger partial charge >= 0.3 is 6.18 Å². The normalized spacial score (nSPS) is 15.4. The Morgan fingerprint density at radius 2 is 2.00 bits per heavy atom. The number of rotatable bonds is 3. The second kappa shape index (κ2) is 7.47. The number of thiophene rings is 1. The third-order valence-corrected chi connectivity index (χ3v) is 6.67. The monoisotopic (exact) mass is 465 g/mol. The van der Waals surface area contributed by atoms with Crippen LogP contribution in [0, 0.1) is 0 Å². The van der Waals surface area contributed by atoms with Crippen LogP contribution in [0.2, 0.25) is 5.02 Å². The summed E-state index contributed by atoms with van der Waals surface area (Å²) in [6.07, 6.45) is -3.06. The minimum absolute atomic E-state index is 0.00297. The molecule has 0 fully saturated rings. The summed E-state index contributed by atoms with van der Waals surface area (Å²) >= 11 is 7.48. The molecule has 0 radical (unpaired) electrons. The Labute approximate surface area is 183 Å². The molecule has 0 saturated carbocycles. The van der Waals surface area contributed by atoms with E-state index in [1.807, 2.05) is 12.1 Å². The van der Waals surface area contributed by atoms with Crippen molar-refractivity contribution in [2.45, 2.75) is 25.7 Å². The molecule has 1 amide bonds. The molecule has 0 bridgehead atoms. The van der Waals surface area contributed by atoms with Crippen LogP contribution in [-0.2, 0) is 25.7 Å². The number of hydrogen-bond acceptors (Lipinski definition) is 6. The molecule has 2 aliphatic rings. The Bertz CT molecular complexity index is 1210. The molecular formula is C20H15ClF3N5OS. The third-order valence-electron chi connectivity index (χ3n) is 5.21.